The monoisotopic (exact) mass is 368 g/mol. The molecular formula is C19H16N2O6. The van der Waals surface area contributed by atoms with E-state index in [-0.39, 0.29) is 17.3 Å². The summed E-state index contributed by atoms with van der Waals surface area (Å²) >= 11 is 0. The number of carbonyl (C=O) groups is 1. The largest absolute Gasteiger partial charge is 0.497 e. The zero-order chi connectivity index (χ0) is 19.6. The van der Waals surface area contributed by atoms with Gasteiger partial charge in [0.15, 0.2) is 5.70 Å². The zero-order valence-electron chi connectivity index (χ0n) is 14.9. The van der Waals surface area contributed by atoms with Gasteiger partial charge in [-0.2, -0.15) is 0 Å². The molecule has 2 aromatic rings. The summed E-state index contributed by atoms with van der Waals surface area (Å²) in [6.45, 7) is 1.61. The molecule has 8 nitrogen and oxygen atoms in total. The van der Waals surface area contributed by atoms with Crippen molar-refractivity contribution in [3.05, 3.63) is 68.9 Å². The van der Waals surface area contributed by atoms with Crippen LogP contribution >= 0.6 is 0 Å². The quantitative estimate of drug-likeness (QED) is 0.347. The molecule has 0 aromatic heterocycles. The average Bonchev–Trinajstić information content (AvgIpc) is 3.01. The van der Waals surface area contributed by atoms with Gasteiger partial charge < -0.3 is 14.2 Å². The molecule has 0 fully saturated rings. The Labute approximate surface area is 154 Å². The normalized spacial score (nSPS) is 14.7. The van der Waals surface area contributed by atoms with Crippen molar-refractivity contribution in [2.45, 2.75) is 6.92 Å². The van der Waals surface area contributed by atoms with Gasteiger partial charge in [0, 0.05) is 22.8 Å². The molecule has 0 saturated heterocycles. The van der Waals surface area contributed by atoms with E-state index in [2.05, 4.69) is 4.99 Å². The Hall–Kier alpha value is -3.68. The third-order valence-corrected chi connectivity index (χ3v) is 3.99. The van der Waals surface area contributed by atoms with E-state index >= 15 is 0 Å². The lowest BCUT2D eigenvalue weighted by atomic mass is 10.1. The number of rotatable bonds is 5. The van der Waals surface area contributed by atoms with E-state index < -0.39 is 10.9 Å². The van der Waals surface area contributed by atoms with Gasteiger partial charge in [0.2, 0.25) is 5.90 Å². The van der Waals surface area contributed by atoms with Crippen molar-refractivity contribution >= 4 is 23.6 Å². The summed E-state index contributed by atoms with van der Waals surface area (Å²) in [6.07, 6.45) is 1.54. The molecule has 8 heteroatoms. The molecule has 0 unspecified atom stereocenters. The number of aliphatic imine (C=N–C) groups is 1. The van der Waals surface area contributed by atoms with Crippen LogP contribution in [0.3, 0.4) is 0 Å². The number of methoxy groups -OCH3 is 2. The van der Waals surface area contributed by atoms with Gasteiger partial charge in [0.1, 0.15) is 11.5 Å². The SMILES string of the molecule is COc1ccc(OC)c(/C=C2\N=C(c3ccc([N+](=O)[O-])c(C)c3)OC2=O)c1. The Morgan fingerprint density at radius 2 is 1.93 bits per heavy atom. The molecular weight excluding hydrogens is 352 g/mol. The molecule has 0 saturated carbocycles. The number of ether oxygens (including phenoxy) is 3. The fraction of sp³-hybridized carbons (Fsp3) is 0.158. The fourth-order valence-electron chi connectivity index (χ4n) is 2.63. The molecule has 0 spiro atoms. The van der Waals surface area contributed by atoms with Gasteiger partial charge in [0.05, 0.1) is 19.1 Å². The van der Waals surface area contributed by atoms with Gasteiger partial charge >= 0.3 is 5.97 Å². The number of nitro benzene ring substituents is 1. The molecule has 0 radical (unpaired) electrons. The lowest BCUT2D eigenvalue weighted by Crippen LogP contribution is -2.06. The van der Waals surface area contributed by atoms with Crippen LogP contribution < -0.4 is 9.47 Å². The van der Waals surface area contributed by atoms with E-state index in [1.165, 1.54) is 32.4 Å². The Kier molecular flexibility index (Phi) is 4.89. The van der Waals surface area contributed by atoms with E-state index in [0.717, 1.165) is 0 Å². The Bertz CT molecular complexity index is 994. The molecule has 0 bridgehead atoms. The van der Waals surface area contributed by atoms with Crippen molar-refractivity contribution in [3.8, 4) is 11.5 Å². The van der Waals surface area contributed by atoms with E-state index in [1.54, 1.807) is 31.2 Å². The number of hydrogen-bond donors (Lipinski definition) is 0. The van der Waals surface area contributed by atoms with Crippen molar-refractivity contribution < 1.29 is 23.9 Å². The first-order valence-corrected chi connectivity index (χ1v) is 7.93. The first kappa shape index (κ1) is 18.1. The number of hydrogen-bond acceptors (Lipinski definition) is 7. The maximum atomic E-state index is 12.2. The summed E-state index contributed by atoms with van der Waals surface area (Å²) in [5.74, 6) is 0.618. The van der Waals surface area contributed by atoms with E-state index in [1.807, 2.05) is 0 Å². The summed E-state index contributed by atoms with van der Waals surface area (Å²) in [5.41, 5.74) is 1.61. The van der Waals surface area contributed by atoms with Gasteiger partial charge in [-0.05, 0) is 43.3 Å². The van der Waals surface area contributed by atoms with Crippen LogP contribution in [0, 0.1) is 17.0 Å². The van der Waals surface area contributed by atoms with Crippen LogP contribution in [0.1, 0.15) is 16.7 Å². The third kappa shape index (κ3) is 3.64. The predicted molar refractivity (Wildman–Crippen MR) is 98.0 cm³/mol. The van der Waals surface area contributed by atoms with Gasteiger partial charge in [-0.1, -0.05) is 0 Å². The number of cyclic esters (lactones) is 1. The van der Waals surface area contributed by atoms with Crippen LogP contribution in [-0.4, -0.2) is 31.0 Å². The van der Waals surface area contributed by atoms with E-state index in [0.29, 0.717) is 28.2 Å². The van der Waals surface area contributed by atoms with Crippen LogP contribution in [0.25, 0.3) is 6.08 Å². The maximum absolute atomic E-state index is 12.2. The molecule has 0 N–H and O–H groups in total. The second kappa shape index (κ2) is 7.28. The first-order valence-electron chi connectivity index (χ1n) is 7.93. The maximum Gasteiger partial charge on any atom is 0.363 e. The molecule has 1 aliphatic heterocycles. The molecule has 27 heavy (non-hydrogen) atoms. The minimum absolute atomic E-state index is 0.0134. The Morgan fingerprint density at radius 3 is 2.56 bits per heavy atom. The molecule has 1 aliphatic rings. The second-order valence-corrected chi connectivity index (χ2v) is 5.70. The average molecular weight is 368 g/mol. The lowest BCUT2D eigenvalue weighted by molar-refractivity contribution is -0.385. The summed E-state index contributed by atoms with van der Waals surface area (Å²) < 4.78 is 15.7. The van der Waals surface area contributed by atoms with Crippen LogP contribution in [0.2, 0.25) is 0 Å². The van der Waals surface area contributed by atoms with Crippen LogP contribution in [0.4, 0.5) is 5.69 Å². The minimum Gasteiger partial charge on any atom is -0.497 e. The van der Waals surface area contributed by atoms with Crippen molar-refractivity contribution in [3.63, 3.8) is 0 Å². The number of aryl methyl sites for hydroxylation is 1. The fourth-order valence-corrected chi connectivity index (χ4v) is 2.63. The van der Waals surface area contributed by atoms with Gasteiger partial charge in [-0.3, -0.25) is 10.1 Å². The standard InChI is InChI=1S/C19H16N2O6/c1-11-8-12(4-6-16(11)21(23)24)18-20-15(19(22)27-18)10-13-9-14(25-2)5-7-17(13)26-3/h4-10H,1-3H3/b15-10-. The van der Waals surface area contributed by atoms with Crippen molar-refractivity contribution in [1.29, 1.82) is 0 Å². The molecule has 3 rings (SSSR count). The highest BCUT2D eigenvalue weighted by Crippen LogP contribution is 2.29. The summed E-state index contributed by atoms with van der Waals surface area (Å²) in [7, 11) is 3.06. The topological polar surface area (TPSA) is 100 Å². The second-order valence-electron chi connectivity index (χ2n) is 5.70. The Balaban J connectivity index is 1.98. The number of esters is 1. The smallest absolute Gasteiger partial charge is 0.363 e. The first-order chi connectivity index (χ1) is 12.9. The van der Waals surface area contributed by atoms with Crippen LogP contribution in [0.15, 0.2) is 47.1 Å². The molecule has 1 heterocycles. The summed E-state index contributed by atoms with van der Waals surface area (Å²) in [6, 6.07) is 9.57. The van der Waals surface area contributed by atoms with Crippen molar-refractivity contribution in [2.24, 2.45) is 4.99 Å². The number of carbonyl (C=O) groups excluding carboxylic acids is 1. The van der Waals surface area contributed by atoms with Gasteiger partial charge in [-0.25, -0.2) is 9.79 Å². The summed E-state index contributed by atoms with van der Waals surface area (Å²) in [5, 5.41) is 10.9. The lowest BCUT2D eigenvalue weighted by Gasteiger charge is -2.07. The number of nitro groups is 1. The van der Waals surface area contributed by atoms with Crippen LogP contribution in [0.5, 0.6) is 11.5 Å². The third-order valence-electron chi connectivity index (χ3n) is 3.99. The molecule has 0 aliphatic carbocycles. The highest BCUT2D eigenvalue weighted by Gasteiger charge is 2.25. The molecule has 138 valence electrons. The zero-order valence-corrected chi connectivity index (χ0v) is 14.9. The number of nitrogens with zero attached hydrogens (tertiary/aromatic N) is 2. The molecule has 0 amide bonds. The van der Waals surface area contributed by atoms with Crippen molar-refractivity contribution in [2.75, 3.05) is 14.2 Å². The van der Waals surface area contributed by atoms with Crippen molar-refractivity contribution in [1.82, 2.24) is 0 Å². The highest BCUT2D eigenvalue weighted by molar-refractivity contribution is 6.13. The van der Waals surface area contributed by atoms with Crippen LogP contribution in [-0.2, 0) is 9.53 Å². The summed E-state index contributed by atoms with van der Waals surface area (Å²) in [4.78, 5) is 26.9. The molecule has 0 atom stereocenters. The number of benzene rings is 2. The highest BCUT2D eigenvalue weighted by atomic mass is 16.6. The minimum atomic E-state index is -0.620. The van der Waals surface area contributed by atoms with E-state index in [4.69, 9.17) is 14.2 Å². The predicted octanol–water partition coefficient (Wildman–Crippen LogP) is 3.26. The van der Waals surface area contributed by atoms with Gasteiger partial charge in [0.25, 0.3) is 5.69 Å². The van der Waals surface area contributed by atoms with Gasteiger partial charge in [-0.15, -0.1) is 0 Å². The van der Waals surface area contributed by atoms with E-state index in [9.17, 15) is 14.9 Å². The molecule has 2 aromatic carbocycles. The Morgan fingerprint density at radius 1 is 1.15 bits per heavy atom.